The number of nitrogens with two attached hydrogens (primary N) is 1. The Balaban J connectivity index is 2.31. The summed E-state index contributed by atoms with van der Waals surface area (Å²) in [4.78, 5) is 0. The molecule has 1 fully saturated rings. The third kappa shape index (κ3) is 2.78. The minimum absolute atomic E-state index is 0.186. The second kappa shape index (κ2) is 5.53. The number of hydrogen-bond donors (Lipinski definition) is 1. The van der Waals surface area contributed by atoms with Crippen molar-refractivity contribution in [1.29, 1.82) is 0 Å². The first-order chi connectivity index (χ1) is 8.91. The molecule has 1 aliphatic carbocycles. The van der Waals surface area contributed by atoms with Crippen molar-refractivity contribution in [3.63, 3.8) is 0 Å². The van der Waals surface area contributed by atoms with E-state index < -0.39 is 17.5 Å². The largest absolute Gasteiger partial charge is 0.327 e. The summed E-state index contributed by atoms with van der Waals surface area (Å²) >= 11 is 0. The summed E-state index contributed by atoms with van der Waals surface area (Å²) in [6.07, 6.45) is 2.55. The highest BCUT2D eigenvalue weighted by atomic mass is 19.2. The minimum atomic E-state index is -1.39. The van der Waals surface area contributed by atoms with Crippen molar-refractivity contribution in [3.05, 3.63) is 35.1 Å². The van der Waals surface area contributed by atoms with Crippen molar-refractivity contribution in [2.45, 2.75) is 45.1 Å². The van der Waals surface area contributed by atoms with Crippen LogP contribution in [0.2, 0.25) is 0 Å². The summed E-state index contributed by atoms with van der Waals surface area (Å²) in [7, 11) is 0. The molecule has 0 saturated heterocycles. The predicted molar refractivity (Wildman–Crippen MR) is 69.2 cm³/mol. The highest BCUT2D eigenvalue weighted by Crippen LogP contribution is 2.40. The number of hydrogen-bond acceptors (Lipinski definition) is 1. The van der Waals surface area contributed by atoms with E-state index in [0.29, 0.717) is 11.8 Å². The summed E-state index contributed by atoms with van der Waals surface area (Å²) in [6, 6.07) is 2.13. The maximum absolute atomic E-state index is 13.9. The fourth-order valence-corrected chi connectivity index (χ4v) is 3.02. The van der Waals surface area contributed by atoms with Crippen LogP contribution in [0.4, 0.5) is 13.2 Å². The first-order valence-electron chi connectivity index (χ1n) is 6.80. The van der Waals surface area contributed by atoms with Crippen molar-refractivity contribution in [2.24, 2.45) is 17.6 Å². The van der Waals surface area contributed by atoms with Crippen molar-refractivity contribution in [1.82, 2.24) is 0 Å². The molecule has 0 bridgehead atoms. The minimum Gasteiger partial charge on any atom is -0.327 e. The Labute approximate surface area is 112 Å². The molecule has 0 aliphatic heterocycles. The van der Waals surface area contributed by atoms with Crippen LogP contribution in [0, 0.1) is 29.3 Å². The van der Waals surface area contributed by atoms with Gasteiger partial charge in [-0.3, -0.25) is 0 Å². The van der Waals surface area contributed by atoms with Gasteiger partial charge in [0.05, 0.1) is 0 Å². The quantitative estimate of drug-likeness (QED) is 0.809. The van der Waals surface area contributed by atoms with Crippen molar-refractivity contribution in [3.8, 4) is 0 Å². The molecule has 0 aromatic heterocycles. The Morgan fingerprint density at radius 2 is 1.79 bits per heavy atom. The fraction of sp³-hybridized carbons (Fsp3) is 0.600. The number of rotatable bonds is 2. The third-order valence-corrected chi connectivity index (χ3v) is 4.35. The maximum atomic E-state index is 13.9. The lowest BCUT2D eigenvalue weighted by molar-refractivity contribution is 0.228. The van der Waals surface area contributed by atoms with E-state index in [-0.39, 0.29) is 17.5 Å². The van der Waals surface area contributed by atoms with Gasteiger partial charge in [-0.05, 0) is 42.7 Å². The molecule has 0 amide bonds. The molecule has 2 rings (SSSR count). The first-order valence-corrected chi connectivity index (χ1v) is 6.80. The smallest absolute Gasteiger partial charge is 0.194 e. The van der Waals surface area contributed by atoms with E-state index in [0.717, 1.165) is 25.3 Å². The van der Waals surface area contributed by atoms with Gasteiger partial charge in [-0.25, -0.2) is 13.2 Å². The van der Waals surface area contributed by atoms with Crippen molar-refractivity contribution >= 4 is 0 Å². The summed E-state index contributed by atoms with van der Waals surface area (Å²) < 4.78 is 40.2. The van der Waals surface area contributed by atoms with E-state index in [1.54, 1.807) is 0 Å². The zero-order valence-electron chi connectivity index (χ0n) is 11.3. The average Bonchev–Trinajstić information content (AvgIpc) is 2.37. The SMILES string of the molecule is CC(C)C1CCC(N)C(c2ccc(F)c(F)c2F)C1. The standard InChI is InChI=1S/C15H20F3N/c1-8(2)9-3-6-13(19)11(7-9)10-4-5-12(16)15(18)14(10)17/h4-5,8-9,11,13H,3,6-7,19H2,1-2H3. The monoisotopic (exact) mass is 271 g/mol. The summed E-state index contributed by atoms with van der Waals surface area (Å²) in [6.45, 7) is 4.25. The average molecular weight is 271 g/mol. The Bertz CT molecular complexity index is 459. The van der Waals surface area contributed by atoms with Crippen molar-refractivity contribution in [2.75, 3.05) is 0 Å². The lowest BCUT2D eigenvalue weighted by atomic mass is 9.71. The van der Waals surface area contributed by atoms with Gasteiger partial charge in [0.2, 0.25) is 0 Å². The van der Waals surface area contributed by atoms with E-state index in [1.165, 1.54) is 6.07 Å². The van der Waals surface area contributed by atoms with Crippen LogP contribution in [0.5, 0.6) is 0 Å². The molecular formula is C15H20F3N. The molecular weight excluding hydrogens is 251 g/mol. The molecule has 19 heavy (non-hydrogen) atoms. The van der Waals surface area contributed by atoms with Gasteiger partial charge in [-0.15, -0.1) is 0 Å². The molecule has 2 N–H and O–H groups in total. The lowest BCUT2D eigenvalue weighted by Crippen LogP contribution is -2.36. The zero-order chi connectivity index (χ0) is 14.2. The molecule has 1 nitrogen and oxygen atoms in total. The first kappa shape index (κ1) is 14.4. The summed E-state index contributed by atoms with van der Waals surface area (Å²) in [5, 5.41) is 0. The Morgan fingerprint density at radius 1 is 1.11 bits per heavy atom. The second-order valence-corrected chi connectivity index (χ2v) is 5.85. The predicted octanol–water partition coefficient (Wildman–Crippen LogP) is 3.97. The molecule has 106 valence electrons. The Hall–Kier alpha value is -1.03. The fourth-order valence-electron chi connectivity index (χ4n) is 3.02. The van der Waals surface area contributed by atoms with Gasteiger partial charge < -0.3 is 5.73 Å². The molecule has 0 heterocycles. The van der Waals surface area contributed by atoms with Crippen LogP contribution in [0.3, 0.4) is 0 Å². The van der Waals surface area contributed by atoms with E-state index in [1.807, 2.05) is 0 Å². The molecule has 0 radical (unpaired) electrons. The molecule has 3 unspecified atom stereocenters. The molecule has 1 saturated carbocycles. The molecule has 0 spiro atoms. The molecule has 3 atom stereocenters. The van der Waals surface area contributed by atoms with E-state index in [4.69, 9.17) is 5.73 Å². The number of benzene rings is 1. The highest BCUT2D eigenvalue weighted by Gasteiger charge is 2.33. The molecule has 1 aromatic carbocycles. The van der Waals surface area contributed by atoms with Gasteiger partial charge in [0.15, 0.2) is 17.5 Å². The van der Waals surface area contributed by atoms with E-state index >= 15 is 0 Å². The summed E-state index contributed by atoms with van der Waals surface area (Å²) in [5.41, 5.74) is 6.27. The van der Waals surface area contributed by atoms with Crippen LogP contribution in [0.1, 0.15) is 44.6 Å². The van der Waals surface area contributed by atoms with Crippen LogP contribution in [-0.2, 0) is 0 Å². The van der Waals surface area contributed by atoms with Crippen LogP contribution in [-0.4, -0.2) is 6.04 Å². The van der Waals surface area contributed by atoms with Crippen molar-refractivity contribution < 1.29 is 13.2 Å². The molecule has 4 heteroatoms. The van der Waals surface area contributed by atoms with Gasteiger partial charge in [0.1, 0.15) is 0 Å². The van der Waals surface area contributed by atoms with Crippen LogP contribution in [0.25, 0.3) is 0 Å². The third-order valence-electron chi connectivity index (χ3n) is 4.35. The Kier molecular flexibility index (Phi) is 4.19. The molecule has 1 aliphatic rings. The molecule has 1 aromatic rings. The maximum Gasteiger partial charge on any atom is 0.194 e. The highest BCUT2D eigenvalue weighted by molar-refractivity contribution is 5.26. The second-order valence-electron chi connectivity index (χ2n) is 5.85. The van der Waals surface area contributed by atoms with Gasteiger partial charge in [0, 0.05) is 12.0 Å². The van der Waals surface area contributed by atoms with Gasteiger partial charge in [-0.1, -0.05) is 19.9 Å². The van der Waals surface area contributed by atoms with Crippen LogP contribution < -0.4 is 5.73 Å². The normalized spacial score (nSPS) is 27.8. The van der Waals surface area contributed by atoms with Gasteiger partial charge in [0.25, 0.3) is 0 Å². The number of halogens is 3. The van der Waals surface area contributed by atoms with Gasteiger partial charge in [-0.2, -0.15) is 0 Å². The van der Waals surface area contributed by atoms with E-state index in [9.17, 15) is 13.2 Å². The lowest BCUT2D eigenvalue weighted by Gasteiger charge is -2.36. The Morgan fingerprint density at radius 3 is 2.42 bits per heavy atom. The zero-order valence-corrected chi connectivity index (χ0v) is 11.3. The van der Waals surface area contributed by atoms with Crippen LogP contribution >= 0.6 is 0 Å². The topological polar surface area (TPSA) is 26.0 Å². The summed E-state index contributed by atoms with van der Waals surface area (Å²) in [5.74, 6) is -2.90. The van der Waals surface area contributed by atoms with Gasteiger partial charge >= 0.3 is 0 Å². The van der Waals surface area contributed by atoms with Crippen LogP contribution in [0.15, 0.2) is 12.1 Å². The van der Waals surface area contributed by atoms with E-state index in [2.05, 4.69) is 13.8 Å².